The van der Waals surface area contributed by atoms with Crippen LogP contribution in [0.2, 0.25) is 0 Å². The Hall–Kier alpha value is 0.440. The molecule has 0 unspecified atom stereocenters. The number of hydrogen-bond acceptors (Lipinski definition) is 2. The normalized spacial score (nSPS) is 13.2. The SMILES string of the molecule is C/C=C/CC(SC)(SC)C(C)C. The molecule has 0 saturated carbocycles. The molecule has 12 heavy (non-hydrogen) atoms. The van der Waals surface area contributed by atoms with Crippen LogP contribution in [0.3, 0.4) is 0 Å². The van der Waals surface area contributed by atoms with Gasteiger partial charge >= 0.3 is 0 Å². The smallest absolute Gasteiger partial charge is 0.0662 e. The van der Waals surface area contributed by atoms with E-state index in [0.717, 1.165) is 5.92 Å². The largest absolute Gasteiger partial charge is 0.147 e. The second-order valence-electron chi connectivity index (χ2n) is 3.15. The van der Waals surface area contributed by atoms with Crippen LogP contribution in [-0.4, -0.2) is 16.6 Å². The lowest BCUT2D eigenvalue weighted by molar-refractivity contribution is 0.574. The average molecular weight is 204 g/mol. The molecule has 72 valence electrons. The van der Waals surface area contributed by atoms with E-state index in [9.17, 15) is 0 Å². The highest BCUT2D eigenvalue weighted by molar-refractivity contribution is 8.17. The fraction of sp³-hybridized carbons (Fsp3) is 0.800. The highest BCUT2D eigenvalue weighted by atomic mass is 32.2. The first-order chi connectivity index (χ1) is 5.63. The van der Waals surface area contributed by atoms with Crippen LogP contribution in [0.5, 0.6) is 0 Å². The second kappa shape index (κ2) is 5.98. The summed E-state index contributed by atoms with van der Waals surface area (Å²) in [6, 6.07) is 0. The molecule has 0 radical (unpaired) electrons. The molecule has 0 aliphatic heterocycles. The summed E-state index contributed by atoms with van der Waals surface area (Å²) in [7, 11) is 0. The van der Waals surface area contributed by atoms with E-state index in [0.29, 0.717) is 4.08 Å². The average Bonchev–Trinajstić information content (AvgIpc) is 2.07. The zero-order chi connectivity index (χ0) is 9.61. The van der Waals surface area contributed by atoms with E-state index in [1.165, 1.54) is 6.42 Å². The van der Waals surface area contributed by atoms with Gasteiger partial charge < -0.3 is 0 Å². The predicted molar refractivity (Wildman–Crippen MR) is 64.0 cm³/mol. The molecule has 0 nitrogen and oxygen atoms in total. The van der Waals surface area contributed by atoms with Crippen LogP contribution in [0.4, 0.5) is 0 Å². The van der Waals surface area contributed by atoms with E-state index in [2.05, 4.69) is 45.4 Å². The van der Waals surface area contributed by atoms with Crippen molar-refractivity contribution in [2.24, 2.45) is 5.92 Å². The van der Waals surface area contributed by atoms with Crippen molar-refractivity contribution in [3.8, 4) is 0 Å². The zero-order valence-electron chi connectivity index (χ0n) is 8.76. The van der Waals surface area contributed by atoms with E-state index in [4.69, 9.17) is 0 Å². The lowest BCUT2D eigenvalue weighted by Crippen LogP contribution is -2.25. The lowest BCUT2D eigenvalue weighted by Gasteiger charge is -2.33. The molecule has 0 saturated heterocycles. The Kier molecular flexibility index (Phi) is 6.20. The molecule has 0 amide bonds. The maximum absolute atomic E-state index is 2.30. The Morgan fingerprint density at radius 1 is 1.25 bits per heavy atom. The summed E-state index contributed by atoms with van der Waals surface area (Å²) in [4.78, 5) is 0. The van der Waals surface area contributed by atoms with Gasteiger partial charge in [0, 0.05) is 0 Å². The lowest BCUT2D eigenvalue weighted by atomic mass is 10.1. The van der Waals surface area contributed by atoms with Crippen molar-refractivity contribution in [1.82, 2.24) is 0 Å². The zero-order valence-corrected chi connectivity index (χ0v) is 10.4. The van der Waals surface area contributed by atoms with Crippen LogP contribution in [0.15, 0.2) is 12.2 Å². The molecule has 0 fully saturated rings. The summed E-state index contributed by atoms with van der Waals surface area (Å²) in [6.45, 7) is 6.69. The first-order valence-electron chi connectivity index (χ1n) is 4.34. The molecule has 2 heteroatoms. The molecular weight excluding hydrogens is 184 g/mol. The molecule has 0 aliphatic carbocycles. The second-order valence-corrected chi connectivity index (χ2v) is 5.68. The minimum absolute atomic E-state index is 0.381. The van der Waals surface area contributed by atoms with E-state index >= 15 is 0 Å². The Morgan fingerprint density at radius 2 is 1.75 bits per heavy atom. The van der Waals surface area contributed by atoms with Crippen molar-refractivity contribution >= 4 is 23.5 Å². The van der Waals surface area contributed by atoms with Crippen LogP contribution < -0.4 is 0 Å². The number of allylic oxidation sites excluding steroid dienone is 2. The third kappa shape index (κ3) is 3.06. The van der Waals surface area contributed by atoms with Crippen molar-refractivity contribution < 1.29 is 0 Å². The van der Waals surface area contributed by atoms with Crippen LogP contribution in [-0.2, 0) is 0 Å². The van der Waals surface area contributed by atoms with Crippen LogP contribution in [0.25, 0.3) is 0 Å². The Morgan fingerprint density at radius 3 is 2.00 bits per heavy atom. The maximum atomic E-state index is 2.30. The molecule has 0 aliphatic rings. The van der Waals surface area contributed by atoms with Gasteiger partial charge in [0.25, 0.3) is 0 Å². The number of rotatable bonds is 5. The molecule has 0 aromatic heterocycles. The van der Waals surface area contributed by atoms with Gasteiger partial charge in [-0.1, -0.05) is 26.0 Å². The number of thioether (sulfide) groups is 2. The van der Waals surface area contributed by atoms with E-state index < -0.39 is 0 Å². The van der Waals surface area contributed by atoms with Gasteiger partial charge in [-0.05, 0) is 31.8 Å². The topological polar surface area (TPSA) is 0 Å². The maximum Gasteiger partial charge on any atom is 0.0662 e. The van der Waals surface area contributed by atoms with E-state index in [1.807, 2.05) is 23.5 Å². The molecule has 0 aromatic rings. The molecule has 0 spiro atoms. The quantitative estimate of drug-likeness (QED) is 0.490. The summed E-state index contributed by atoms with van der Waals surface area (Å²) in [6.07, 6.45) is 10.0. The Balaban J connectivity index is 4.35. The van der Waals surface area contributed by atoms with Gasteiger partial charge in [-0.2, -0.15) is 0 Å². The fourth-order valence-corrected chi connectivity index (χ4v) is 3.37. The van der Waals surface area contributed by atoms with Crippen LogP contribution in [0.1, 0.15) is 27.2 Å². The van der Waals surface area contributed by atoms with Gasteiger partial charge in [0.2, 0.25) is 0 Å². The van der Waals surface area contributed by atoms with Crippen LogP contribution in [0, 0.1) is 5.92 Å². The molecule has 0 rings (SSSR count). The summed E-state index contributed by atoms with van der Waals surface area (Å²) in [5.41, 5.74) is 0. The molecule has 0 atom stereocenters. The minimum atomic E-state index is 0.381. The molecule has 0 heterocycles. The van der Waals surface area contributed by atoms with Gasteiger partial charge in [0.05, 0.1) is 4.08 Å². The van der Waals surface area contributed by atoms with Gasteiger partial charge in [-0.25, -0.2) is 0 Å². The first-order valence-corrected chi connectivity index (χ1v) is 6.79. The summed E-state index contributed by atoms with van der Waals surface area (Å²) < 4.78 is 0.381. The van der Waals surface area contributed by atoms with Gasteiger partial charge in [0.1, 0.15) is 0 Å². The standard InChI is InChI=1S/C10H20S2/c1-6-7-8-10(11-4,12-5)9(2)3/h6-7,9H,8H2,1-5H3/b7-6+. The molecular formula is C10H20S2. The Bertz CT molecular complexity index is 135. The van der Waals surface area contributed by atoms with Crippen molar-refractivity contribution in [3.05, 3.63) is 12.2 Å². The van der Waals surface area contributed by atoms with E-state index in [1.54, 1.807) is 0 Å². The first kappa shape index (κ1) is 12.4. The molecule has 0 bridgehead atoms. The third-order valence-corrected chi connectivity index (χ3v) is 5.87. The van der Waals surface area contributed by atoms with Gasteiger partial charge in [-0.15, -0.1) is 23.5 Å². The monoisotopic (exact) mass is 204 g/mol. The summed E-state index contributed by atoms with van der Waals surface area (Å²) >= 11 is 3.95. The van der Waals surface area contributed by atoms with Gasteiger partial charge in [-0.3, -0.25) is 0 Å². The fourth-order valence-electron chi connectivity index (χ4n) is 1.24. The highest BCUT2D eigenvalue weighted by Gasteiger charge is 2.30. The van der Waals surface area contributed by atoms with Crippen molar-refractivity contribution in [2.45, 2.75) is 31.3 Å². The Labute approximate surface area is 85.6 Å². The van der Waals surface area contributed by atoms with Crippen molar-refractivity contribution in [3.63, 3.8) is 0 Å². The van der Waals surface area contributed by atoms with E-state index in [-0.39, 0.29) is 0 Å². The number of hydrogen-bond donors (Lipinski definition) is 0. The highest BCUT2D eigenvalue weighted by Crippen LogP contribution is 2.43. The molecule has 0 N–H and O–H groups in total. The minimum Gasteiger partial charge on any atom is -0.147 e. The van der Waals surface area contributed by atoms with Crippen molar-refractivity contribution in [2.75, 3.05) is 12.5 Å². The molecule has 0 aromatic carbocycles. The summed E-state index contributed by atoms with van der Waals surface area (Å²) in [5.74, 6) is 0.721. The van der Waals surface area contributed by atoms with Gasteiger partial charge in [0.15, 0.2) is 0 Å². The predicted octanol–water partition coefficient (Wildman–Crippen LogP) is 4.03. The van der Waals surface area contributed by atoms with Crippen LogP contribution >= 0.6 is 23.5 Å². The summed E-state index contributed by atoms with van der Waals surface area (Å²) in [5, 5.41) is 0. The third-order valence-electron chi connectivity index (χ3n) is 2.21. The van der Waals surface area contributed by atoms with Crippen molar-refractivity contribution in [1.29, 1.82) is 0 Å².